The normalized spacial score (nSPS) is 15.7. The number of ketones is 1. The first-order chi connectivity index (χ1) is 9.20. The lowest BCUT2D eigenvalue weighted by molar-refractivity contribution is -0.115. The molecular formula is C13H17F3N2OS. The van der Waals surface area contributed by atoms with Crippen molar-refractivity contribution in [2.24, 2.45) is 5.92 Å². The molecule has 0 atom stereocenters. The van der Waals surface area contributed by atoms with Gasteiger partial charge in [0.1, 0.15) is 6.54 Å². The van der Waals surface area contributed by atoms with Gasteiger partial charge >= 0.3 is 6.18 Å². The molecule has 0 amide bonds. The van der Waals surface area contributed by atoms with Gasteiger partial charge in [-0.05, 0) is 18.8 Å². The van der Waals surface area contributed by atoms with Crippen molar-refractivity contribution in [3.05, 3.63) is 10.4 Å². The summed E-state index contributed by atoms with van der Waals surface area (Å²) < 4.78 is 37.0. The number of alkyl halides is 3. The number of carbonyl (C=O) groups excluding carboxylic acids is 1. The van der Waals surface area contributed by atoms with E-state index in [9.17, 15) is 18.0 Å². The van der Waals surface area contributed by atoms with E-state index in [0.29, 0.717) is 21.1 Å². The molecule has 1 aliphatic carbocycles. The molecule has 1 saturated carbocycles. The van der Waals surface area contributed by atoms with Crippen LogP contribution in [0.25, 0.3) is 0 Å². The molecule has 2 rings (SSSR count). The van der Waals surface area contributed by atoms with Crippen molar-refractivity contribution in [2.45, 2.75) is 38.8 Å². The molecule has 20 heavy (non-hydrogen) atoms. The standard InChI is InChI=1S/C13H17F3N2OS/c1-6(2)10(19)11-9(17)8(7-3-4-7)12(20-11)18-5-13(14,15)16/h6-7,18H,3-5,17H2,1-2H3. The van der Waals surface area contributed by atoms with Gasteiger partial charge in [-0.15, -0.1) is 11.3 Å². The van der Waals surface area contributed by atoms with Gasteiger partial charge in [0.05, 0.1) is 15.6 Å². The Bertz CT molecular complexity index is 518. The number of hydrogen-bond donors (Lipinski definition) is 2. The number of carbonyl (C=O) groups is 1. The molecule has 0 aromatic carbocycles. The van der Waals surface area contributed by atoms with E-state index in [1.54, 1.807) is 13.8 Å². The van der Waals surface area contributed by atoms with E-state index in [-0.39, 0.29) is 17.6 Å². The van der Waals surface area contributed by atoms with Crippen molar-refractivity contribution in [3.63, 3.8) is 0 Å². The van der Waals surface area contributed by atoms with Crippen molar-refractivity contribution in [3.8, 4) is 0 Å². The van der Waals surface area contributed by atoms with Crippen molar-refractivity contribution in [1.29, 1.82) is 0 Å². The third kappa shape index (κ3) is 3.26. The van der Waals surface area contributed by atoms with E-state index >= 15 is 0 Å². The summed E-state index contributed by atoms with van der Waals surface area (Å²) in [6, 6.07) is 0. The zero-order valence-corrected chi connectivity index (χ0v) is 12.1. The van der Waals surface area contributed by atoms with Gasteiger partial charge < -0.3 is 11.1 Å². The van der Waals surface area contributed by atoms with Gasteiger partial charge in [0.25, 0.3) is 0 Å². The highest BCUT2D eigenvalue weighted by Crippen LogP contribution is 2.51. The summed E-state index contributed by atoms with van der Waals surface area (Å²) in [5, 5.41) is 2.79. The molecule has 0 radical (unpaired) electrons. The summed E-state index contributed by atoms with van der Waals surface area (Å²) in [7, 11) is 0. The fraction of sp³-hybridized carbons (Fsp3) is 0.615. The quantitative estimate of drug-likeness (QED) is 0.808. The van der Waals surface area contributed by atoms with E-state index < -0.39 is 12.7 Å². The smallest absolute Gasteiger partial charge is 0.397 e. The summed E-state index contributed by atoms with van der Waals surface area (Å²) >= 11 is 1.05. The monoisotopic (exact) mass is 306 g/mol. The minimum absolute atomic E-state index is 0.116. The van der Waals surface area contributed by atoms with Crippen molar-refractivity contribution in [1.82, 2.24) is 0 Å². The summed E-state index contributed by atoms with van der Waals surface area (Å²) in [6.45, 7) is 2.39. The fourth-order valence-corrected chi connectivity index (χ4v) is 3.28. The van der Waals surface area contributed by atoms with Gasteiger partial charge in [-0.1, -0.05) is 13.8 Å². The Kier molecular flexibility index (Phi) is 4.00. The first-order valence-corrected chi connectivity index (χ1v) is 7.29. The molecule has 0 bridgehead atoms. The number of Topliss-reactive ketones (excluding diaryl/α,β-unsaturated/α-hetero) is 1. The van der Waals surface area contributed by atoms with Crippen molar-refractivity contribution < 1.29 is 18.0 Å². The molecule has 1 aliphatic rings. The van der Waals surface area contributed by atoms with Crippen LogP contribution in [0.15, 0.2) is 0 Å². The minimum atomic E-state index is -4.29. The van der Waals surface area contributed by atoms with Crippen LogP contribution in [-0.4, -0.2) is 18.5 Å². The maximum atomic E-state index is 12.3. The zero-order chi connectivity index (χ0) is 15.1. The highest BCUT2D eigenvalue weighted by molar-refractivity contribution is 7.18. The Morgan fingerprint density at radius 1 is 1.45 bits per heavy atom. The molecule has 3 nitrogen and oxygen atoms in total. The third-order valence-corrected chi connectivity index (χ3v) is 4.36. The van der Waals surface area contributed by atoms with Gasteiger partial charge in [-0.25, -0.2) is 0 Å². The van der Waals surface area contributed by atoms with Crippen LogP contribution < -0.4 is 11.1 Å². The van der Waals surface area contributed by atoms with Crippen molar-refractivity contribution >= 4 is 27.8 Å². The maximum absolute atomic E-state index is 12.3. The molecule has 112 valence electrons. The Morgan fingerprint density at radius 2 is 2.05 bits per heavy atom. The number of anilines is 2. The zero-order valence-electron chi connectivity index (χ0n) is 11.3. The second kappa shape index (κ2) is 5.27. The molecule has 0 unspecified atom stereocenters. The van der Waals surface area contributed by atoms with E-state index in [1.807, 2.05) is 0 Å². The van der Waals surface area contributed by atoms with Crippen LogP contribution in [0.5, 0.6) is 0 Å². The summed E-state index contributed by atoms with van der Waals surface area (Å²) in [5.74, 6) is -0.149. The number of thiophene rings is 1. The molecule has 1 fully saturated rings. The van der Waals surface area contributed by atoms with E-state index in [4.69, 9.17) is 5.73 Å². The second-order valence-electron chi connectivity index (χ2n) is 5.35. The van der Waals surface area contributed by atoms with Crippen LogP contribution >= 0.6 is 11.3 Å². The van der Waals surface area contributed by atoms with Gasteiger partial charge in [-0.2, -0.15) is 13.2 Å². The molecule has 1 aromatic heterocycles. The van der Waals surface area contributed by atoms with Gasteiger partial charge in [0, 0.05) is 11.5 Å². The molecule has 1 heterocycles. The largest absolute Gasteiger partial charge is 0.405 e. The van der Waals surface area contributed by atoms with Crippen molar-refractivity contribution in [2.75, 3.05) is 17.6 Å². The van der Waals surface area contributed by atoms with E-state index in [1.165, 1.54) is 0 Å². The minimum Gasteiger partial charge on any atom is -0.397 e. The molecule has 0 saturated heterocycles. The van der Waals surface area contributed by atoms with Crippen LogP contribution in [0.4, 0.5) is 23.9 Å². The number of nitrogens with two attached hydrogens (primary N) is 1. The number of nitrogens with one attached hydrogen (secondary N) is 1. The van der Waals surface area contributed by atoms with Gasteiger partial charge in [-0.3, -0.25) is 4.79 Å². The molecule has 1 aromatic rings. The molecular weight excluding hydrogens is 289 g/mol. The Morgan fingerprint density at radius 3 is 2.50 bits per heavy atom. The molecule has 0 spiro atoms. The lowest BCUT2D eigenvalue weighted by atomic mass is 10.0. The predicted octanol–water partition coefficient (Wildman–Crippen LogP) is 4.02. The summed E-state index contributed by atoms with van der Waals surface area (Å²) in [6.07, 6.45) is -2.46. The Balaban J connectivity index is 2.30. The van der Waals surface area contributed by atoms with Crippen LogP contribution in [0.1, 0.15) is 47.8 Å². The van der Waals surface area contributed by atoms with E-state index in [0.717, 1.165) is 24.2 Å². The van der Waals surface area contributed by atoms with Crippen LogP contribution in [0.3, 0.4) is 0 Å². The van der Waals surface area contributed by atoms with Crippen LogP contribution in [-0.2, 0) is 0 Å². The second-order valence-corrected chi connectivity index (χ2v) is 6.37. The highest BCUT2D eigenvalue weighted by Gasteiger charge is 2.35. The van der Waals surface area contributed by atoms with E-state index in [2.05, 4.69) is 5.32 Å². The number of rotatable bonds is 5. The van der Waals surface area contributed by atoms with Crippen LogP contribution in [0.2, 0.25) is 0 Å². The summed E-state index contributed by atoms with van der Waals surface area (Å²) in [4.78, 5) is 12.4. The topological polar surface area (TPSA) is 55.1 Å². The molecule has 0 aliphatic heterocycles. The first-order valence-electron chi connectivity index (χ1n) is 6.47. The number of halogens is 3. The lowest BCUT2D eigenvalue weighted by Crippen LogP contribution is -2.21. The number of hydrogen-bond acceptors (Lipinski definition) is 4. The summed E-state index contributed by atoms with van der Waals surface area (Å²) in [5.41, 5.74) is 7.05. The SMILES string of the molecule is CC(C)C(=O)c1sc(NCC(F)(F)F)c(C2CC2)c1N. The molecule has 3 N–H and O–H groups in total. The van der Waals surface area contributed by atoms with Gasteiger partial charge in [0.2, 0.25) is 0 Å². The third-order valence-electron chi connectivity index (χ3n) is 3.17. The number of nitrogen functional groups attached to an aromatic ring is 1. The highest BCUT2D eigenvalue weighted by atomic mass is 32.1. The Labute approximate surface area is 119 Å². The average molecular weight is 306 g/mol. The first kappa shape index (κ1) is 15.2. The van der Waals surface area contributed by atoms with Crippen LogP contribution in [0, 0.1) is 5.92 Å². The maximum Gasteiger partial charge on any atom is 0.405 e. The Hall–Kier alpha value is -1.24. The fourth-order valence-electron chi connectivity index (χ4n) is 1.99. The molecule has 7 heteroatoms. The predicted molar refractivity (Wildman–Crippen MR) is 74.4 cm³/mol. The lowest BCUT2D eigenvalue weighted by Gasteiger charge is -2.09. The average Bonchev–Trinajstić information content (AvgIpc) is 3.09. The van der Waals surface area contributed by atoms with Gasteiger partial charge in [0.15, 0.2) is 5.78 Å².